The smallest absolute Gasteiger partial charge is 0.269 e. The monoisotopic (exact) mass is 361 g/mol. The Balaban J connectivity index is 2.10. The van der Waals surface area contributed by atoms with Crippen molar-refractivity contribution in [1.82, 2.24) is 25.1 Å². The van der Waals surface area contributed by atoms with Crippen molar-refractivity contribution in [3.8, 4) is 22.6 Å². The molecule has 0 spiro atoms. The maximum atomic E-state index is 12.2. The first-order chi connectivity index (χ1) is 13.0. The highest BCUT2D eigenvalue weighted by Gasteiger charge is 2.22. The Kier molecular flexibility index (Phi) is 3.69. The standard InChI is InChI=1S/C18H15N7O2/c1-8-4-5-11-10(7-22-25-11)12(8)14-13(19)15(16(20)26)24-17(23-14)9-3-2-6-21-18(9)27/h2-7H,19H2,1H3,(H2,20,26)(H,21,27)(H,22,25). The molecule has 9 nitrogen and oxygen atoms in total. The molecule has 9 heteroatoms. The number of aryl methyl sites for hydroxylation is 1. The van der Waals surface area contributed by atoms with Crippen LogP contribution < -0.4 is 17.0 Å². The molecule has 0 aliphatic heterocycles. The van der Waals surface area contributed by atoms with Gasteiger partial charge in [-0.25, -0.2) is 9.97 Å². The van der Waals surface area contributed by atoms with E-state index in [0.717, 1.165) is 16.5 Å². The molecule has 1 aromatic carbocycles. The van der Waals surface area contributed by atoms with Gasteiger partial charge in [0.15, 0.2) is 11.5 Å². The number of aromatic nitrogens is 5. The van der Waals surface area contributed by atoms with Gasteiger partial charge in [0.25, 0.3) is 11.5 Å². The zero-order chi connectivity index (χ0) is 19.1. The summed E-state index contributed by atoms with van der Waals surface area (Å²) < 4.78 is 0. The summed E-state index contributed by atoms with van der Waals surface area (Å²) in [4.78, 5) is 35.3. The van der Waals surface area contributed by atoms with E-state index in [-0.39, 0.29) is 28.3 Å². The lowest BCUT2D eigenvalue weighted by Crippen LogP contribution is -2.19. The average Bonchev–Trinajstić information content (AvgIpc) is 3.11. The fourth-order valence-corrected chi connectivity index (χ4v) is 3.01. The molecule has 0 saturated carbocycles. The van der Waals surface area contributed by atoms with Crippen LogP contribution in [-0.4, -0.2) is 31.1 Å². The molecule has 0 unspecified atom stereocenters. The number of pyridine rings is 1. The summed E-state index contributed by atoms with van der Waals surface area (Å²) in [5.74, 6) is -0.739. The molecule has 3 heterocycles. The van der Waals surface area contributed by atoms with Crippen molar-refractivity contribution in [2.45, 2.75) is 6.92 Å². The van der Waals surface area contributed by atoms with E-state index < -0.39 is 5.91 Å². The van der Waals surface area contributed by atoms with Crippen LogP contribution in [0.3, 0.4) is 0 Å². The zero-order valence-electron chi connectivity index (χ0n) is 14.3. The molecule has 1 amide bonds. The number of rotatable bonds is 3. The van der Waals surface area contributed by atoms with E-state index in [1.54, 1.807) is 18.3 Å². The molecule has 0 aliphatic rings. The van der Waals surface area contributed by atoms with Gasteiger partial charge < -0.3 is 16.5 Å². The maximum Gasteiger partial charge on any atom is 0.269 e. The summed E-state index contributed by atoms with van der Waals surface area (Å²) in [7, 11) is 0. The number of hydrogen-bond acceptors (Lipinski definition) is 6. The Bertz CT molecular complexity index is 1260. The van der Waals surface area contributed by atoms with Gasteiger partial charge in [0.05, 0.1) is 28.7 Å². The van der Waals surface area contributed by atoms with Crippen molar-refractivity contribution < 1.29 is 4.79 Å². The number of nitrogens with one attached hydrogen (secondary N) is 2. The van der Waals surface area contributed by atoms with Crippen molar-refractivity contribution >= 4 is 22.5 Å². The first-order valence-electron chi connectivity index (χ1n) is 8.06. The van der Waals surface area contributed by atoms with Crippen molar-refractivity contribution in [2.24, 2.45) is 5.73 Å². The van der Waals surface area contributed by atoms with Crippen LogP contribution in [0.15, 0.2) is 41.5 Å². The average molecular weight is 361 g/mol. The highest BCUT2D eigenvalue weighted by Crippen LogP contribution is 2.35. The van der Waals surface area contributed by atoms with Gasteiger partial charge in [0, 0.05) is 17.1 Å². The van der Waals surface area contributed by atoms with Gasteiger partial charge in [0.2, 0.25) is 0 Å². The van der Waals surface area contributed by atoms with E-state index in [0.29, 0.717) is 11.3 Å². The van der Waals surface area contributed by atoms with Crippen LogP contribution in [0.5, 0.6) is 0 Å². The van der Waals surface area contributed by atoms with Crippen molar-refractivity contribution in [1.29, 1.82) is 0 Å². The second kappa shape index (κ2) is 6.06. The van der Waals surface area contributed by atoms with E-state index in [2.05, 4.69) is 25.1 Å². The van der Waals surface area contributed by atoms with Gasteiger partial charge in [-0.3, -0.25) is 14.7 Å². The van der Waals surface area contributed by atoms with Crippen LogP contribution >= 0.6 is 0 Å². The quantitative estimate of drug-likeness (QED) is 0.431. The third kappa shape index (κ3) is 2.61. The second-order valence-corrected chi connectivity index (χ2v) is 6.02. The van der Waals surface area contributed by atoms with Crippen molar-refractivity contribution in [2.75, 3.05) is 5.73 Å². The van der Waals surface area contributed by atoms with Gasteiger partial charge in [-0.15, -0.1) is 0 Å². The predicted molar refractivity (Wildman–Crippen MR) is 101 cm³/mol. The third-order valence-electron chi connectivity index (χ3n) is 4.31. The number of fused-ring (bicyclic) bond motifs is 1. The largest absolute Gasteiger partial charge is 0.395 e. The molecule has 0 saturated heterocycles. The van der Waals surface area contributed by atoms with Gasteiger partial charge in [0.1, 0.15) is 0 Å². The first kappa shape index (κ1) is 16.5. The van der Waals surface area contributed by atoms with E-state index >= 15 is 0 Å². The highest BCUT2D eigenvalue weighted by atomic mass is 16.1. The Labute approximate surface area is 152 Å². The Morgan fingerprint density at radius 1 is 1.19 bits per heavy atom. The lowest BCUT2D eigenvalue weighted by Gasteiger charge is -2.13. The molecule has 4 aromatic rings. The number of aromatic amines is 2. The summed E-state index contributed by atoms with van der Waals surface area (Å²) in [5.41, 5.74) is 14.1. The van der Waals surface area contributed by atoms with Crippen LogP contribution in [0.4, 0.5) is 5.69 Å². The van der Waals surface area contributed by atoms with E-state index in [9.17, 15) is 9.59 Å². The van der Waals surface area contributed by atoms with Crippen LogP contribution in [-0.2, 0) is 0 Å². The number of benzene rings is 1. The summed E-state index contributed by atoms with van der Waals surface area (Å²) >= 11 is 0. The number of nitrogens with zero attached hydrogens (tertiary/aromatic N) is 3. The molecular formula is C18H15N7O2. The van der Waals surface area contributed by atoms with Gasteiger partial charge >= 0.3 is 0 Å². The summed E-state index contributed by atoms with van der Waals surface area (Å²) in [6.07, 6.45) is 3.15. The normalized spacial score (nSPS) is 11.0. The van der Waals surface area contributed by atoms with Gasteiger partial charge in [-0.05, 0) is 30.7 Å². The first-order valence-corrected chi connectivity index (χ1v) is 8.06. The number of anilines is 1. The number of carbonyl (C=O) groups is 1. The van der Waals surface area contributed by atoms with E-state index in [1.165, 1.54) is 6.20 Å². The van der Waals surface area contributed by atoms with Crippen molar-refractivity contribution in [3.63, 3.8) is 0 Å². The minimum atomic E-state index is -0.804. The fourth-order valence-electron chi connectivity index (χ4n) is 3.01. The van der Waals surface area contributed by atoms with Crippen LogP contribution in [0, 0.1) is 6.92 Å². The summed E-state index contributed by atoms with van der Waals surface area (Å²) in [6.45, 7) is 1.89. The molecule has 0 radical (unpaired) electrons. The lowest BCUT2D eigenvalue weighted by atomic mass is 9.99. The molecular weight excluding hydrogens is 346 g/mol. The molecule has 0 atom stereocenters. The van der Waals surface area contributed by atoms with E-state index in [4.69, 9.17) is 11.5 Å². The number of H-pyrrole nitrogens is 2. The Morgan fingerprint density at radius 3 is 2.74 bits per heavy atom. The zero-order valence-corrected chi connectivity index (χ0v) is 14.3. The van der Waals surface area contributed by atoms with Crippen LogP contribution in [0.25, 0.3) is 33.5 Å². The predicted octanol–water partition coefficient (Wildman–Crippen LogP) is 1.36. The number of amides is 1. The minimum Gasteiger partial charge on any atom is -0.395 e. The molecule has 0 bridgehead atoms. The van der Waals surface area contributed by atoms with Crippen molar-refractivity contribution in [3.05, 3.63) is 58.3 Å². The molecule has 134 valence electrons. The number of nitrogens with two attached hydrogens (primary N) is 2. The maximum absolute atomic E-state index is 12.2. The molecule has 4 rings (SSSR count). The fraction of sp³-hybridized carbons (Fsp3) is 0.0556. The van der Waals surface area contributed by atoms with Crippen LogP contribution in [0.1, 0.15) is 16.1 Å². The number of carbonyl (C=O) groups excluding carboxylic acids is 1. The second-order valence-electron chi connectivity index (χ2n) is 6.02. The third-order valence-corrected chi connectivity index (χ3v) is 4.31. The lowest BCUT2D eigenvalue weighted by molar-refractivity contribution is 0.0996. The summed E-state index contributed by atoms with van der Waals surface area (Å²) in [6, 6.07) is 6.97. The van der Waals surface area contributed by atoms with Gasteiger partial charge in [-0.2, -0.15) is 5.10 Å². The molecule has 6 N–H and O–H groups in total. The Hall–Kier alpha value is -4.01. The number of nitrogen functional groups attached to an aromatic ring is 1. The minimum absolute atomic E-state index is 0.0513. The van der Waals surface area contributed by atoms with Gasteiger partial charge in [-0.1, -0.05) is 6.07 Å². The number of hydrogen-bond donors (Lipinski definition) is 4. The molecule has 0 aliphatic carbocycles. The van der Waals surface area contributed by atoms with Crippen LogP contribution in [0.2, 0.25) is 0 Å². The Morgan fingerprint density at radius 2 is 2.00 bits per heavy atom. The summed E-state index contributed by atoms with van der Waals surface area (Å²) in [5, 5.41) is 7.72. The number of primary amides is 1. The molecule has 0 fully saturated rings. The molecule has 3 aromatic heterocycles. The molecule has 27 heavy (non-hydrogen) atoms. The highest BCUT2D eigenvalue weighted by molar-refractivity contribution is 6.04. The van der Waals surface area contributed by atoms with E-state index in [1.807, 2.05) is 19.1 Å². The SMILES string of the molecule is Cc1ccc2[nH]ncc2c1-c1nc(-c2ccc[nH]c2=O)nc(C(N)=O)c1N. The topological polar surface area (TPSA) is 156 Å².